The molecule has 3 heterocycles. The molecule has 0 atom stereocenters. The summed E-state index contributed by atoms with van der Waals surface area (Å²) in [6, 6.07) is 74.1. The molecule has 302 valence electrons. The summed E-state index contributed by atoms with van der Waals surface area (Å²) in [6.07, 6.45) is 0. The van der Waals surface area contributed by atoms with Crippen molar-refractivity contribution in [1.29, 1.82) is 0 Å². The van der Waals surface area contributed by atoms with Gasteiger partial charge in [-0.1, -0.05) is 187 Å². The highest BCUT2D eigenvalue weighted by molar-refractivity contribution is 7.26. The summed E-state index contributed by atoms with van der Waals surface area (Å²) in [7, 11) is 0. The summed E-state index contributed by atoms with van der Waals surface area (Å²) < 4.78 is 4.97. The normalized spacial score (nSPS) is 11.6. The molecule has 0 unspecified atom stereocenters. The monoisotopic (exact) mass is 836 g/mol. The number of aromatic nitrogens is 4. The SMILES string of the molecule is Cc1ccc(-c2ccc3c4ccc(-c5ccc(C)cc5)cc4n(-c4ccc(-c5cccc6c5sc5ccccc56)cc4-c4nc(-c5ccccc5)nc(-c5ccccc5)n4)c3c2)cc1. The molecule has 0 saturated heterocycles. The Kier molecular flexibility index (Phi) is 9.09. The predicted octanol–water partition coefficient (Wildman–Crippen LogP) is 16.0. The number of nitrogens with zero attached hydrogens (tertiary/aromatic N) is 4. The molecule has 5 heteroatoms. The first kappa shape index (κ1) is 37.7. The van der Waals surface area contributed by atoms with Crippen molar-refractivity contribution in [3.05, 3.63) is 217 Å². The van der Waals surface area contributed by atoms with Gasteiger partial charge >= 0.3 is 0 Å². The predicted molar refractivity (Wildman–Crippen MR) is 269 cm³/mol. The third kappa shape index (κ3) is 6.57. The van der Waals surface area contributed by atoms with Crippen molar-refractivity contribution in [2.24, 2.45) is 0 Å². The summed E-state index contributed by atoms with van der Waals surface area (Å²) in [4.78, 5) is 15.9. The van der Waals surface area contributed by atoms with Gasteiger partial charge in [-0.2, -0.15) is 0 Å². The maximum absolute atomic E-state index is 5.38. The molecule has 0 radical (unpaired) electrons. The Morgan fingerprint density at radius 3 is 1.44 bits per heavy atom. The molecule has 0 N–H and O–H groups in total. The third-order valence-electron chi connectivity index (χ3n) is 12.4. The maximum Gasteiger partial charge on any atom is 0.166 e. The lowest BCUT2D eigenvalue weighted by atomic mass is 9.99. The lowest BCUT2D eigenvalue weighted by molar-refractivity contribution is 1.06. The Morgan fingerprint density at radius 1 is 0.344 bits per heavy atom. The van der Waals surface area contributed by atoms with Gasteiger partial charge < -0.3 is 4.57 Å². The zero-order valence-electron chi connectivity index (χ0n) is 35.3. The van der Waals surface area contributed by atoms with Crippen molar-refractivity contribution in [1.82, 2.24) is 19.5 Å². The Morgan fingerprint density at radius 2 is 0.844 bits per heavy atom. The molecular weight excluding hydrogens is 797 g/mol. The van der Waals surface area contributed by atoms with Gasteiger partial charge in [0.2, 0.25) is 0 Å². The molecule has 0 aliphatic heterocycles. The van der Waals surface area contributed by atoms with Gasteiger partial charge in [0.05, 0.1) is 16.7 Å². The second-order valence-electron chi connectivity index (χ2n) is 16.6. The minimum absolute atomic E-state index is 0.604. The molecule has 4 nitrogen and oxygen atoms in total. The summed E-state index contributed by atoms with van der Waals surface area (Å²) in [6.45, 7) is 4.27. The van der Waals surface area contributed by atoms with Gasteiger partial charge in [0, 0.05) is 47.6 Å². The lowest BCUT2D eigenvalue weighted by Crippen LogP contribution is -2.04. The van der Waals surface area contributed by atoms with E-state index in [9.17, 15) is 0 Å². The molecule has 64 heavy (non-hydrogen) atoms. The van der Waals surface area contributed by atoms with Gasteiger partial charge in [0.1, 0.15) is 0 Å². The second-order valence-corrected chi connectivity index (χ2v) is 17.6. The average Bonchev–Trinajstić information content (AvgIpc) is 3.90. The Labute approximate surface area is 375 Å². The van der Waals surface area contributed by atoms with Crippen LogP contribution in [0, 0.1) is 13.8 Å². The standard InChI is InChI=1S/C59H40N4S/c1-37-20-24-39(25-21-37)43-28-31-47-48-32-29-44(40-26-22-38(2)23-27-40)36-54(48)63(53(47)35-43)52-33-30-45(46-17-11-18-50-49-16-9-10-19-55(49)64-56(46)50)34-51(52)59-61-57(41-12-5-3-6-13-41)60-58(62-59)42-14-7-4-8-15-42/h3-36H,1-2H3. The summed E-state index contributed by atoms with van der Waals surface area (Å²) >= 11 is 1.84. The number of rotatable bonds is 7. The molecular formula is C59H40N4S. The van der Waals surface area contributed by atoms with Crippen molar-refractivity contribution in [2.45, 2.75) is 13.8 Å². The van der Waals surface area contributed by atoms with E-state index in [1.54, 1.807) is 0 Å². The van der Waals surface area contributed by atoms with Gasteiger partial charge in [0.15, 0.2) is 17.5 Å². The molecule has 0 fully saturated rings. The molecule has 12 rings (SSSR count). The first-order valence-electron chi connectivity index (χ1n) is 21.7. The fourth-order valence-corrected chi connectivity index (χ4v) is 10.3. The van der Waals surface area contributed by atoms with E-state index in [2.05, 4.69) is 188 Å². The first-order valence-corrected chi connectivity index (χ1v) is 22.5. The van der Waals surface area contributed by atoms with Crippen molar-refractivity contribution in [2.75, 3.05) is 0 Å². The average molecular weight is 837 g/mol. The van der Waals surface area contributed by atoms with Crippen LogP contribution in [0.1, 0.15) is 11.1 Å². The topological polar surface area (TPSA) is 43.6 Å². The third-order valence-corrected chi connectivity index (χ3v) is 13.7. The molecule has 3 aromatic heterocycles. The van der Waals surface area contributed by atoms with Gasteiger partial charge in [-0.25, -0.2) is 15.0 Å². The van der Waals surface area contributed by atoms with Crippen molar-refractivity contribution in [3.63, 3.8) is 0 Å². The smallest absolute Gasteiger partial charge is 0.166 e. The van der Waals surface area contributed by atoms with Crippen LogP contribution in [0.2, 0.25) is 0 Å². The number of fused-ring (bicyclic) bond motifs is 6. The van der Waals surface area contributed by atoms with E-state index < -0.39 is 0 Å². The van der Waals surface area contributed by atoms with Gasteiger partial charge in [-0.05, 0) is 77.6 Å². The van der Waals surface area contributed by atoms with E-state index >= 15 is 0 Å². The fraction of sp³-hybridized carbons (Fsp3) is 0.0339. The van der Waals surface area contributed by atoms with E-state index in [4.69, 9.17) is 15.0 Å². The van der Waals surface area contributed by atoms with Gasteiger partial charge in [-0.3, -0.25) is 0 Å². The second kappa shape index (κ2) is 15.4. The van der Waals surface area contributed by atoms with Crippen LogP contribution in [0.3, 0.4) is 0 Å². The van der Waals surface area contributed by atoms with E-state index in [1.807, 2.05) is 47.7 Å². The molecule has 0 aliphatic carbocycles. The van der Waals surface area contributed by atoms with Crippen molar-refractivity contribution < 1.29 is 0 Å². The van der Waals surface area contributed by atoms with Crippen LogP contribution in [-0.4, -0.2) is 19.5 Å². The van der Waals surface area contributed by atoms with E-state index in [0.717, 1.165) is 50.1 Å². The van der Waals surface area contributed by atoms with Crippen LogP contribution in [-0.2, 0) is 0 Å². The van der Waals surface area contributed by atoms with Crippen LogP contribution in [0.15, 0.2) is 206 Å². The summed E-state index contributed by atoms with van der Waals surface area (Å²) in [5.41, 5.74) is 15.4. The number of benzene rings is 9. The Balaban J connectivity index is 1.18. The van der Waals surface area contributed by atoms with Crippen molar-refractivity contribution >= 4 is 53.3 Å². The number of aryl methyl sites for hydroxylation is 2. The highest BCUT2D eigenvalue weighted by Gasteiger charge is 2.22. The minimum Gasteiger partial charge on any atom is -0.308 e. The van der Waals surface area contributed by atoms with E-state index in [0.29, 0.717) is 17.5 Å². The maximum atomic E-state index is 5.38. The first-order chi connectivity index (χ1) is 31.5. The number of hydrogen-bond donors (Lipinski definition) is 0. The Hall–Kier alpha value is -7.99. The largest absolute Gasteiger partial charge is 0.308 e. The molecule has 0 aliphatic rings. The molecule has 0 bridgehead atoms. The van der Waals surface area contributed by atoms with E-state index in [-0.39, 0.29) is 0 Å². The highest BCUT2D eigenvalue weighted by Crippen LogP contribution is 2.44. The quantitative estimate of drug-likeness (QED) is 0.161. The highest BCUT2D eigenvalue weighted by atomic mass is 32.1. The van der Waals surface area contributed by atoms with E-state index in [1.165, 1.54) is 58.8 Å². The van der Waals surface area contributed by atoms with Crippen LogP contribution >= 0.6 is 11.3 Å². The summed E-state index contributed by atoms with van der Waals surface area (Å²) in [5.74, 6) is 1.85. The molecule has 9 aromatic carbocycles. The fourth-order valence-electron chi connectivity index (χ4n) is 9.11. The zero-order valence-corrected chi connectivity index (χ0v) is 36.1. The van der Waals surface area contributed by atoms with Crippen LogP contribution < -0.4 is 0 Å². The number of hydrogen-bond acceptors (Lipinski definition) is 4. The zero-order chi connectivity index (χ0) is 42.7. The van der Waals surface area contributed by atoms with Crippen LogP contribution in [0.4, 0.5) is 0 Å². The van der Waals surface area contributed by atoms with Gasteiger partial charge in [-0.15, -0.1) is 11.3 Å². The number of thiophene rings is 1. The van der Waals surface area contributed by atoms with Crippen LogP contribution in [0.25, 0.3) is 115 Å². The van der Waals surface area contributed by atoms with Crippen LogP contribution in [0.5, 0.6) is 0 Å². The minimum atomic E-state index is 0.604. The molecule has 12 aromatic rings. The molecule has 0 amide bonds. The van der Waals surface area contributed by atoms with Crippen molar-refractivity contribution in [3.8, 4) is 73.2 Å². The Bertz CT molecular complexity index is 3560. The molecule has 0 saturated carbocycles. The van der Waals surface area contributed by atoms with Gasteiger partial charge in [0.25, 0.3) is 0 Å². The summed E-state index contributed by atoms with van der Waals surface area (Å²) in [5, 5.41) is 4.89. The molecule has 0 spiro atoms. The lowest BCUT2D eigenvalue weighted by Gasteiger charge is -2.17.